The normalized spacial score (nSPS) is 26.5. The fourth-order valence-electron chi connectivity index (χ4n) is 1.48. The number of carboxylic acids is 1. The van der Waals surface area contributed by atoms with Gasteiger partial charge in [0.15, 0.2) is 0 Å². The number of thioether (sulfide) groups is 1. The summed E-state index contributed by atoms with van der Waals surface area (Å²) in [7, 11) is 0. The summed E-state index contributed by atoms with van der Waals surface area (Å²) in [4.78, 5) is 14.7. The maximum absolute atomic E-state index is 10.4. The van der Waals surface area contributed by atoms with E-state index in [4.69, 9.17) is 16.6 Å². The van der Waals surface area contributed by atoms with E-state index in [9.17, 15) is 4.79 Å². The summed E-state index contributed by atoms with van der Waals surface area (Å²) in [5, 5.41) is 8.57. The first kappa shape index (κ1) is 13.3. The molecule has 1 fully saturated rings. The van der Waals surface area contributed by atoms with Gasteiger partial charge in [0.25, 0.3) is 0 Å². The zero-order valence-electron chi connectivity index (χ0n) is 9.43. The highest BCUT2D eigenvalue weighted by molar-refractivity contribution is 7.99. The van der Waals surface area contributed by atoms with Gasteiger partial charge in [0, 0.05) is 5.75 Å². The number of nitrogens with zero attached hydrogens (tertiary/aromatic N) is 1. The van der Waals surface area contributed by atoms with Crippen LogP contribution in [0.25, 0.3) is 0 Å². The first-order valence-electron chi connectivity index (χ1n) is 5.36. The number of hydrogen-bond donors (Lipinski definition) is 3. The molecule has 0 aromatic carbocycles. The molecule has 0 spiro atoms. The van der Waals surface area contributed by atoms with Gasteiger partial charge in [-0.15, -0.1) is 0 Å². The molecule has 1 saturated carbocycles. The van der Waals surface area contributed by atoms with E-state index in [0.717, 1.165) is 18.6 Å². The van der Waals surface area contributed by atoms with Crippen LogP contribution in [0.15, 0.2) is 4.99 Å². The average molecular weight is 245 g/mol. The lowest BCUT2D eigenvalue weighted by molar-refractivity contribution is -0.137. The molecule has 0 aliphatic heterocycles. The van der Waals surface area contributed by atoms with Gasteiger partial charge in [-0.05, 0) is 31.4 Å². The van der Waals surface area contributed by atoms with Crippen LogP contribution in [-0.4, -0.2) is 40.5 Å². The number of hydrogen-bond acceptors (Lipinski definition) is 4. The van der Waals surface area contributed by atoms with Crippen LogP contribution in [0.5, 0.6) is 0 Å². The van der Waals surface area contributed by atoms with Crippen molar-refractivity contribution < 1.29 is 9.90 Å². The lowest BCUT2D eigenvalue weighted by Crippen LogP contribution is -2.32. The van der Waals surface area contributed by atoms with E-state index in [0.29, 0.717) is 23.5 Å². The molecule has 16 heavy (non-hydrogen) atoms. The predicted molar refractivity (Wildman–Crippen MR) is 66.7 cm³/mol. The highest BCUT2D eigenvalue weighted by Gasteiger charge is 2.36. The molecule has 5 nitrogen and oxygen atoms in total. The Kier molecular flexibility index (Phi) is 5.08. The van der Waals surface area contributed by atoms with Crippen LogP contribution in [0.3, 0.4) is 0 Å². The number of nitrogens with two attached hydrogens (primary N) is 2. The molecule has 0 radical (unpaired) electrons. The smallest absolute Gasteiger partial charge is 0.321 e. The molecule has 1 aliphatic carbocycles. The molecule has 0 saturated heterocycles. The zero-order chi connectivity index (χ0) is 12.1. The summed E-state index contributed by atoms with van der Waals surface area (Å²) < 4.78 is 0. The maximum Gasteiger partial charge on any atom is 0.321 e. The molecule has 3 atom stereocenters. The Labute approximate surface area is 99.7 Å². The molecule has 6 heteroatoms. The molecule has 0 aromatic heterocycles. The predicted octanol–water partition coefficient (Wildman–Crippen LogP) is 0.287. The van der Waals surface area contributed by atoms with Gasteiger partial charge in [0.2, 0.25) is 0 Å². The van der Waals surface area contributed by atoms with Crippen LogP contribution < -0.4 is 11.5 Å². The van der Waals surface area contributed by atoms with Crippen molar-refractivity contribution in [3.63, 3.8) is 0 Å². The molecule has 1 rings (SSSR count). The van der Waals surface area contributed by atoms with E-state index in [1.807, 2.05) is 0 Å². The fourth-order valence-corrected chi connectivity index (χ4v) is 2.51. The van der Waals surface area contributed by atoms with Crippen LogP contribution in [0.1, 0.15) is 19.8 Å². The van der Waals surface area contributed by atoms with Crippen molar-refractivity contribution in [1.82, 2.24) is 0 Å². The van der Waals surface area contributed by atoms with Gasteiger partial charge in [-0.25, -0.2) is 0 Å². The third-order valence-corrected chi connectivity index (χ3v) is 3.62. The van der Waals surface area contributed by atoms with Crippen molar-refractivity contribution in [2.45, 2.75) is 31.8 Å². The maximum atomic E-state index is 10.4. The van der Waals surface area contributed by atoms with Crippen LogP contribution in [0.2, 0.25) is 0 Å². The Hall–Kier alpha value is -0.750. The molecule has 1 unspecified atom stereocenters. The summed E-state index contributed by atoms with van der Waals surface area (Å²) in [6, 6.07) is -0.344. The quantitative estimate of drug-likeness (QED) is 0.340. The van der Waals surface area contributed by atoms with E-state index in [1.165, 1.54) is 0 Å². The first-order valence-corrected chi connectivity index (χ1v) is 6.52. The second kappa shape index (κ2) is 6.10. The largest absolute Gasteiger partial charge is 0.480 e. The van der Waals surface area contributed by atoms with Crippen LogP contribution in [0.4, 0.5) is 0 Å². The van der Waals surface area contributed by atoms with Gasteiger partial charge in [0.05, 0.1) is 11.9 Å². The molecule has 0 heterocycles. The van der Waals surface area contributed by atoms with E-state index in [2.05, 4.69) is 4.99 Å². The Bertz CT molecular complexity index is 279. The standard InChI is InChI=1S/C10H19N3O2S/c1-6(11)13-9-4-7(9)2-3-16-5-8(12)10(14)15/h7-9H,2-5,12H2,1H3,(H2,11,13)(H,14,15)/t7?,8-,9+/m0/s1. The first-order chi connectivity index (χ1) is 7.50. The number of aliphatic imine (C=N–C) groups is 1. The molecule has 1 aliphatic rings. The molecule has 92 valence electrons. The number of aliphatic carboxylic acids is 1. The number of carboxylic acid groups (broad SMARTS) is 1. The molecule has 0 bridgehead atoms. The van der Waals surface area contributed by atoms with Gasteiger partial charge in [-0.2, -0.15) is 11.8 Å². The van der Waals surface area contributed by atoms with Crippen molar-refractivity contribution in [3.8, 4) is 0 Å². The minimum Gasteiger partial charge on any atom is -0.480 e. The van der Waals surface area contributed by atoms with Gasteiger partial charge in [-0.1, -0.05) is 0 Å². The van der Waals surface area contributed by atoms with Gasteiger partial charge >= 0.3 is 5.97 Å². The number of carbonyl (C=O) groups is 1. The second-order valence-corrected chi connectivity index (χ2v) is 5.29. The minimum absolute atomic E-state index is 0.402. The zero-order valence-corrected chi connectivity index (χ0v) is 10.2. The van der Waals surface area contributed by atoms with Crippen molar-refractivity contribution in [2.24, 2.45) is 22.4 Å². The van der Waals surface area contributed by atoms with E-state index < -0.39 is 12.0 Å². The highest BCUT2D eigenvalue weighted by Crippen LogP contribution is 2.37. The van der Waals surface area contributed by atoms with Crippen molar-refractivity contribution in [1.29, 1.82) is 0 Å². The molecular weight excluding hydrogens is 226 g/mol. The van der Waals surface area contributed by atoms with Crippen LogP contribution in [0, 0.1) is 5.92 Å². The Morgan fingerprint density at radius 3 is 2.94 bits per heavy atom. The fraction of sp³-hybridized carbons (Fsp3) is 0.800. The Morgan fingerprint density at radius 1 is 1.69 bits per heavy atom. The highest BCUT2D eigenvalue weighted by atomic mass is 32.2. The van der Waals surface area contributed by atoms with Crippen LogP contribution in [-0.2, 0) is 4.79 Å². The molecule has 0 amide bonds. The number of amidine groups is 1. The molecule has 0 aromatic rings. The SMILES string of the molecule is CC(N)=N[C@@H]1CC1CCSC[C@H](N)C(=O)O. The summed E-state index contributed by atoms with van der Waals surface area (Å²) in [6.07, 6.45) is 2.18. The number of rotatable bonds is 7. The minimum atomic E-state index is -0.930. The summed E-state index contributed by atoms with van der Waals surface area (Å²) in [5.74, 6) is 1.77. The average Bonchev–Trinajstić information content (AvgIpc) is 2.89. The van der Waals surface area contributed by atoms with Crippen molar-refractivity contribution >= 4 is 23.6 Å². The summed E-state index contributed by atoms with van der Waals surface area (Å²) >= 11 is 1.59. The van der Waals surface area contributed by atoms with E-state index in [1.54, 1.807) is 18.7 Å². The topological polar surface area (TPSA) is 102 Å². The third-order valence-electron chi connectivity index (χ3n) is 2.50. The molecule has 5 N–H and O–H groups in total. The lowest BCUT2D eigenvalue weighted by Gasteiger charge is -2.05. The summed E-state index contributed by atoms with van der Waals surface area (Å²) in [5.41, 5.74) is 10.9. The van der Waals surface area contributed by atoms with Crippen molar-refractivity contribution in [3.05, 3.63) is 0 Å². The lowest BCUT2D eigenvalue weighted by atomic mass is 10.3. The van der Waals surface area contributed by atoms with E-state index >= 15 is 0 Å². The van der Waals surface area contributed by atoms with Gasteiger partial charge < -0.3 is 16.6 Å². The Morgan fingerprint density at radius 2 is 2.38 bits per heavy atom. The second-order valence-electron chi connectivity index (χ2n) is 4.14. The van der Waals surface area contributed by atoms with Gasteiger partial charge in [0.1, 0.15) is 6.04 Å². The third kappa shape index (κ3) is 4.85. The van der Waals surface area contributed by atoms with Crippen LogP contribution >= 0.6 is 11.8 Å². The summed E-state index contributed by atoms with van der Waals surface area (Å²) in [6.45, 7) is 1.80. The van der Waals surface area contributed by atoms with Gasteiger partial charge in [-0.3, -0.25) is 9.79 Å². The van der Waals surface area contributed by atoms with Crippen molar-refractivity contribution in [2.75, 3.05) is 11.5 Å². The Balaban J connectivity index is 2.02. The monoisotopic (exact) mass is 245 g/mol. The van der Waals surface area contributed by atoms with E-state index in [-0.39, 0.29) is 0 Å². The molecular formula is C10H19N3O2S.